The van der Waals surface area contributed by atoms with Gasteiger partial charge in [0.05, 0.1) is 37.5 Å². The second kappa shape index (κ2) is 17.9. The number of sulfonamides is 1. The number of aryl methyl sites for hydroxylation is 2. The first-order valence-electron chi connectivity index (χ1n) is 18.3. The van der Waals surface area contributed by atoms with Crippen LogP contribution in [0, 0.1) is 17.7 Å². The van der Waals surface area contributed by atoms with E-state index in [1.165, 1.54) is 12.1 Å². The second-order valence-corrected chi connectivity index (χ2v) is 16.5. The maximum atomic E-state index is 13.7. The van der Waals surface area contributed by atoms with E-state index in [-0.39, 0.29) is 36.2 Å². The lowest BCUT2D eigenvalue weighted by Gasteiger charge is -2.48. The maximum Gasteiger partial charge on any atom is 0.326 e. The third-order valence-corrected chi connectivity index (χ3v) is 10.8. The Kier molecular flexibility index (Phi) is 13.6. The van der Waals surface area contributed by atoms with Crippen molar-refractivity contribution in [3.05, 3.63) is 101 Å². The number of benzene rings is 3. The Morgan fingerprint density at radius 3 is 2.20 bits per heavy atom. The Hall–Kier alpha value is -4.21. The number of carboxylic acid groups (broad SMARTS) is 1. The number of aliphatic carboxylic acids is 1. The molecule has 12 nitrogen and oxygen atoms in total. The summed E-state index contributed by atoms with van der Waals surface area (Å²) in [5.41, 5.74) is 3.64. The van der Waals surface area contributed by atoms with E-state index in [0.29, 0.717) is 63.8 Å². The number of carboxylic acids is 1. The van der Waals surface area contributed by atoms with E-state index in [2.05, 4.69) is 10.0 Å². The summed E-state index contributed by atoms with van der Waals surface area (Å²) in [5, 5.41) is 22.8. The summed E-state index contributed by atoms with van der Waals surface area (Å²) in [5.74, 6) is -2.71. The van der Waals surface area contributed by atoms with Crippen LogP contribution in [-0.2, 0) is 46.7 Å². The van der Waals surface area contributed by atoms with Gasteiger partial charge in [-0.1, -0.05) is 62.4 Å². The zero-order valence-corrected chi connectivity index (χ0v) is 31.7. The van der Waals surface area contributed by atoms with Gasteiger partial charge in [-0.05, 0) is 91.0 Å². The number of rotatable bonds is 20. The molecule has 0 aromatic heterocycles. The average Bonchev–Trinajstić information content (AvgIpc) is 3.11. The smallest absolute Gasteiger partial charge is 0.326 e. The van der Waals surface area contributed by atoms with Gasteiger partial charge in [0.25, 0.3) is 0 Å². The third-order valence-electron chi connectivity index (χ3n) is 10.1. The quantitative estimate of drug-likeness (QED) is 0.0957. The SMILES string of the molecule is CC(C)[C@@H](NC(=O)COC1(CCc2ccc(C3C(CC[C@H](O)c4ccc(F)cc4)C(=O)N3c3ccc(CCCNS(C)(=O)=O)cc3)cc2)COC1)C(=O)O. The van der Waals surface area contributed by atoms with Crippen molar-refractivity contribution < 1.29 is 46.9 Å². The molecule has 2 fully saturated rings. The minimum absolute atomic E-state index is 0.0586. The summed E-state index contributed by atoms with van der Waals surface area (Å²) >= 11 is 0. The lowest BCUT2D eigenvalue weighted by molar-refractivity contribution is -0.212. The van der Waals surface area contributed by atoms with E-state index >= 15 is 0 Å². The molecule has 0 radical (unpaired) electrons. The number of nitrogens with zero attached hydrogens (tertiary/aromatic N) is 1. The normalized spacial score (nSPS) is 19.1. The van der Waals surface area contributed by atoms with Crippen LogP contribution >= 0.6 is 0 Å². The molecule has 2 heterocycles. The van der Waals surface area contributed by atoms with E-state index in [1.807, 2.05) is 48.5 Å². The van der Waals surface area contributed by atoms with Crippen LogP contribution in [0.3, 0.4) is 0 Å². The van der Waals surface area contributed by atoms with Gasteiger partial charge in [0.2, 0.25) is 21.8 Å². The van der Waals surface area contributed by atoms with Crippen LogP contribution in [0.15, 0.2) is 72.8 Å². The minimum Gasteiger partial charge on any atom is -0.480 e. The molecule has 2 saturated heterocycles. The van der Waals surface area contributed by atoms with E-state index < -0.39 is 39.6 Å². The topological polar surface area (TPSA) is 172 Å². The summed E-state index contributed by atoms with van der Waals surface area (Å²) in [4.78, 5) is 39.5. The number of ether oxygens (including phenoxy) is 2. The van der Waals surface area contributed by atoms with Crippen LogP contribution in [-0.4, -0.2) is 80.7 Å². The van der Waals surface area contributed by atoms with Gasteiger partial charge >= 0.3 is 5.97 Å². The Morgan fingerprint density at radius 2 is 1.63 bits per heavy atom. The van der Waals surface area contributed by atoms with E-state index in [4.69, 9.17) is 9.47 Å². The van der Waals surface area contributed by atoms with Gasteiger partial charge in [0, 0.05) is 12.2 Å². The highest BCUT2D eigenvalue weighted by Gasteiger charge is 2.48. The maximum absolute atomic E-state index is 13.7. The molecule has 292 valence electrons. The van der Waals surface area contributed by atoms with Gasteiger partial charge < -0.3 is 29.9 Å². The first kappa shape index (κ1) is 41.0. The van der Waals surface area contributed by atoms with Crippen molar-refractivity contribution in [3.8, 4) is 0 Å². The lowest BCUT2D eigenvalue weighted by Crippen LogP contribution is -2.55. The predicted molar refractivity (Wildman–Crippen MR) is 201 cm³/mol. The van der Waals surface area contributed by atoms with E-state index in [1.54, 1.807) is 30.9 Å². The molecule has 2 aliphatic heterocycles. The number of carbonyl (C=O) groups is 3. The lowest BCUT2D eigenvalue weighted by atomic mass is 9.78. The summed E-state index contributed by atoms with van der Waals surface area (Å²) < 4.78 is 50.1. The van der Waals surface area contributed by atoms with Gasteiger partial charge in [0.15, 0.2) is 0 Å². The van der Waals surface area contributed by atoms with Crippen molar-refractivity contribution in [1.29, 1.82) is 0 Å². The van der Waals surface area contributed by atoms with Crippen LogP contribution < -0.4 is 14.9 Å². The van der Waals surface area contributed by atoms with Crippen molar-refractivity contribution in [1.82, 2.24) is 10.0 Å². The van der Waals surface area contributed by atoms with Gasteiger partial charge in [-0.25, -0.2) is 22.3 Å². The number of β-lactam (4-membered cyclic amide) rings is 1. The average molecular weight is 768 g/mol. The first-order chi connectivity index (χ1) is 25.6. The van der Waals surface area contributed by atoms with Gasteiger partial charge in [0.1, 0.15) is 24.1 Å². The number of hydrogen-bond donors (Lipinski definition) is 4. The summed E-state index contributed by atoms with van der Waals surface area (Å²) in [6.45, 7) is 4.15. The zero-order valence-electron chi connectivity index (χ0n) is 30.9. The third kappa shape index (κ3) is 10.7. The zero-order chi connectivity index (χ0) is 39.0. The van der Waals surface area contributed by atoms with Crippen LogP contribution in [0.2, 0.25) is 0 Å². The molecule has 4 N–H and O–H groups in total. The highest BCUT2D eigenvalue weighted by Crippen LogP contribution is 2.46. The monoisotopic (exact) mass is 767 g/mol. The molecule has 14 heteroatoms. The molecule has 54 heavy (non-hydrogen) atoms. The van der Waals surface area contributed by atoms with Crippen LogP contribution in [0.1, 0.15) is 73.9 Å². The fraction of sp³-hybridized carbons (Fsp3) is 0.475. The molecule has 0 bridgehead atoms. The Bertz CT molecular complexity index is 1850. The Morgan fingerprint density at radius 1 is 1.00 bits per heavy atom. The molecule has 3 aromatic rings. The minimum atomic E-state index is -3.25. The fourth-order valence-corrected chi connectivity index (χ4v) is 7.41. The van der Waals surface area contributed by atoms with Crippen molar-refractivity contribution in [2.24, 2.45) is 11.8 Å². The number of amides is 2. The molecular weight excluding hydrogens is 718 g/mol. The predicted octanol–water partition coefficient (Wildman–Crippen LogP) is 4.47. The molecule has 2 aliphatic rings. The number of carbonyl (C=O) groups excluding carboxylic acids is 2. The van der Waals surface area contributed by atoms with Crippen molar-refractivity contribution in [3.63, 3.8) is 0 Å². The van der Waals surface area contributed by atoms with E-state index in [0.717, 1.165) is 28.6 Å². The number of aliphatic hydroxyl groups is 1. The summed E-state index contributed by atoms with van der Waals surface area (Å²) in [6.07, 6.45) is 3.53. The molecule has 4 atom stereocenters. The highest BCUT2D eigenvalue weighted by atomic mass is 32.2. The number of anilines is 1. The Balaban J connectivity index is 1.24. The van der Waals surface area contributed by atoms with Crippen molar-refractivity contribution in [2.75, 3.05) is 37.5 Å². The number of hydrogen-bond acceptors (Lipinski definition) is 8. The summed E-state index contributed by atoms with van der Waals surface area (Å²) in [7, 11) is -3.25. The Labute approximate surface area is 316 Å². The van der Waals surface area contributed by atoms with Gasteiger partial charge in [-0.2, -0.15) is 0 Å². The molecular formula is C40H50FN3O9S. The molecule has 5 rings (SSSR count). The first-order valence-corrected chi connectivity index (χ1v) is 20.2. The summed E-state index contributed by atoms with van der Waals surface area (Å²) in [6, 6.07) is 20.1. The largest absolute Gasteiger partial charge is 0.480 e. The van der Waals surface area contributed by atoms with Gasteiger partial charge in [-0.3, -0.25) is 9.59 Å². The molecule has 0 aliphatic carbocycles. The number of aliphatic hydroxyl groups excluding tert-OH is 1. The molecule has 2 amide bonds. The molecule has 2 unspecified atom stereocenters. The van der Waals surface area contributed by atoms with Crippen LogP contribution in [0.25, 0.3) is 0 Å². The molecule has 3 aromatic carbocycles. The molecule has 0 saturated carbocycles. The van der Waals surface area contributed by atoms with E-state index in [9.17, 15) is 37.4 Å². The number of halogens is 1. The van der Waals surface area contributed by atoms with Crippen molar-refractivity contribution in [2.45, 2.75) is 76.2 Å². The van der Waals surface area contributed by atoms with Crippen LogP contribution in [0.5, 0.6) is 0 Å². The molecule has 0 spiro atoms. The second-order valence-electron chi connectivity index (χ2n) is 14.7. The van der Waals surface area contributed by atoms with Crippen LogP contribution in [0.4, 0.5) is 10.1 Å². The van der Waals surface area contributed by atoms with Crippen molar-refractivity contribution >= 4 is 33.5 Å². The standard InChI is InChI=1S/C40H50FN3O9S/c1-26(2)36(39(48)49)43-35(46)23-53-40(24-52-25-40)21-20-28-6-10-30(11-7-28)37-33(18-19-34(45)29-12-14-31(41)15-13-29)38(47)44(37)32-16-8-27(9-17-32)5-4-22-42-54(3,50)51/h6-17,26,33-34,36-37,42,45H,4-5,18-25H2,1-3H3,(H,43,46)(H,48,49)/t33?,34-,36+,37?/m0/s1. The highest BCUT2D eigenvalue weighted by molar-refractivity contribution is 7.88. The van der Waals surface area contributed by atoms with Gasteiger partial charge in [-0.15, -0.1) is 0 Å². The number of nitrogens with one attached hydrogen (secondary N) is 2. The fourth-order valence-electron chi connectivity index (χ4n) is 6.89.